The van der Waals surface area contributed by atoms with Crippen LogP contribution in [0.15, 0.2) is 65.8 Å². The van der Waals surface area contributed by atoms with Crippen molar-refractivity contribution in [3.8, 4) is 0 Å². The van der Waals surface area contributed by atoms with E-state index in [-0.39, 0.29) is 50.4 Å². The maximum atomic E-state index is 14.1. The number of amides is 5. The van der Waals surface area contributed by atoms with Crippen molar-refractivity contribution in [3.63, 3.8) is 0 Å². The molecule has 0 aliphatic carbocycles. The van der Waals surface area contributed by atoms with Gasteiger partial charge in [0.2, 0.25) is 29.5 Å². The van der Waals surface area contributed by atoms with Crippen molar-refractivity contribution in [2.75, 3.05) is 18.1 Å². The van der Waals surface area contributed by atoms with E-state index in [4.69, 9.17) is 17.2 Å². The molecule has 0 saturated heterocycles. The fourth-order valence-electron chi connectivity index (χ4n) is 5.52. The van der Waals surface area contributed by atoms with Crippen LogP contribution in [0.25, 0.3) is 10.9 Å². The normalized spacial score (nSPS) is 14.3. The van der Waals surface area contributed by atoms with E-state index >= 15 is 0 Å². The Balaban J connectivity index is 1.91. The van der Waals surface area contributed by atoms with Crippen molar-refractivity contribution >= 4 is 77.6 Å². The molecule has 5 amide bonds. The highest BCUT2D eigenvalue weighted by Gasteiger charge is 2.32. The maximum absolute atomic E-state index is 14.1. The lowest BCUT2D eigenvalue weighted by Crippen LogP contribution is -2.59. The van der Waals surface area contributed by atoms with Crippen LogP contribution >= 0.6 is 25.3 Å². The summed E-state index contributed by atoms with van der Waals surface area (Å²) < 4.78 is 0. The summed E-state index contributed by atoms with van der Waals surface area (Å²) in [5.41, 5.74) is 19.0. The molecule has 0 fully saturated rings. The van der Waals surface area contributed by atoms with E-state index in [1.807, 2.05) is 24.3 Å². The zero-order chi connectivity index (χ0) is 40.5. The van der Waals surface area contributed by atoms with E-state index in [1.54, 1.807) is 36.5 Å². The van der Waals surface area contributed by atoms with Gasteiger partial charge in [-0.25, -0.2) is 4.79 Å². The number of guanidine groups is 1. The second-order valence-corrected chi connectivity index (χ2v) is 13.6. The van der Waals surface area contributed by atoms with Crippen molar-refractivity contribution in [3.05, 3.63) is 71.9 Å². The van der Waals surface area contributed by atoms with Crippen LogP contribution in [0.5, 0.6) is 0 Å². The van der Waals surface area contributed by atoms with Gasteiger partial charge in [-0.05, 0) is 49.1 Å². The zero-order valence-corrected chi connectivity index (χ0v) is 32.2. The van der Waals surface area contributed by atoms with Crippen LogP contribution in [0.2, 0.25) is 0 Å². The average molecular weight is 799 g/mol. The molecule has 6 atom stereocenters. The number of benzene rings is 2. The summed E-state index contributed by atoms with van der Waals surface area (Å²) in [5, 5.41) is 23.4. The highest BCUT2D eigenvalue weighted by atomic mass is 32.1. The van der Waals surface area contributed by atoms with Crippen LogP contribution in [-0.4, -0.2) is 106 Å². The standard InChI is InChI=1S/C36H50N10O7S2/c1-20(42-31(48)24(37)13-15-54)30(47)44-27(16-21-8-3-2-4-9-21)33(50)43-26(12-7-14-40-36(38)39)32(49)45-28(34(51)46-29(19-55)35(52)53)17-22-18-41-25-11-6-5-10-23(22)25/h2-6,8-11,18,20,24,26-29,41,54-55H,7,12-17,19,37H2,1H3,(H,42,48)(H,43,50)(H,44,47)(H,45,49)(H,46,51)(H,52,53)(H4,38,39,40)/t20-,24+,26+,27-,28+,29+/m1/s1. The van der Waals surface area contributed by atoms with E-state index in [0.29, 0.717) is 16.9 Å². The first-order valence-electron chi connectivity index (χ1n) is 17.6. The lowest BCUT2D eigenvalue weighted by Gasteiger charge is -2.27. The predicted molar refractivity (Wildman–Crippen MR) is 215 cm³/mol. The number of aliphatic imine (C=N–C) groups is 1. The van der Waals surface area contributed by atoms with E-state index in [1.165, 1.54) is 6.92 Å². The van der Waals surface area contributed by atoms with Gasteiger partial charge in [0.1, 0.15) is 30.2 Å². The Bertz CT molecular complexity index is 1810. The number of aromatic amines is 1. The Kier molecular flexibility index (Phi) is 17.8. The van der Waals surface area contributed by atoms with Crippen molar-refractivity contribution in [2.45, 2.75) is 75.3 Å². The number of nitrogens with two attached hydrogens (primary N) is 3. The van der Waals surface area contributed by atoms with Gasteiger partial charge in [-0.15, -0.1) is 0 Å². The zero-order valence-electron chi connectivity index (χ0n) is 30.4. The third-order valence-corrected chi connectivity index (χ3v) is 9.18. The van der Waals surface area contributed by atoms with E-state index in [2.05, 4.69) is 61.8 Å². The molecule has 19 heteroatoms. The smallest absolute Gasteiger partial charge is 0.327 e. The molecular weight excluding hydrogens is 749 g/mol. The number of thiol groups is 2. The number of H-pyrrole nitrogens is 1. The van der Waals surface area contributed by atoms with Gasteiger partial charge in [0.15, 0.2) is 5.96 Å². The van der Waals surface area contributed by atoms with Crippen molar-refractivity contribution in [1.29, 1.82) is 0 Å². The molecule has 55 heavy (non-hydrogen) atoms. The molecule has 3 aromatic rings. The van der Waals surface area contributed by atoms with Crippen molar-refractivity contribution < 1.29 is 33.9 Å². The number of carboxylic acid groups (broad SMARTS) is 1. The largest absolute Gasteiger partial charge is 0.480 e. The number of aliphatic carboxylic acids is 1. The topological polar surface area (TPSA) is 289 Å². The number of carbonyl (C=O) groups excluding carboxylic acids is 5. The highest BCUT2D eigenvalue weighted by Crippen LogP contribution is 2.19. The number of hydrogen-bond donors (Lipinski definition) is 12. The van der Waals surface area contributed by atoms with Crippen molar-refractivity contribution in [2.24, 2.45) is 22.2 Å². The summed E-state index contributed by atoms with van der Waals surface area (Å²) in [6.07, 6.45) is 2.19. The molecule has 0 spiro atoms. The Morgan fingerprint density at radius 2 is 1.33 bits per heavy atom. The SMILES string of the molecule is C[C@@H](NC(=O)[C@@H](N)CCS)C(=O)N[C@H](Cc1ccccc1)C(=O)N[C@@H](CCCN=C(N)N)C(=O)N[C@@H](Cc1c[nH]c2ccccc12)C(=O)N[C@@H](CS)C(=O)O. The van der Waals surface area contributed by atoms with Crippen LogP contribution in [0.4, 0.5) is 0 Å². The van der Waals surface area contributed by atoms with Gasteiger partial charge < -0.3 is 53.9 Å². The van der Waals surface area contributed by atoms with Crippen LogP contribution in [-0.2, 0) is 41.6 Å². The van der Waals surface area contributed by atoms with Crippen LogP contribution < -0.4 is 43.8 Å². The lowest BCUT2D eigenvalue weighted by molar-refractivity contribution is -0.141. The highest BCUT2D eigenvalue weighted by molar-refractivity contribution is 7.80. The number of rotatable bonds is 22. The molecule has 3 rings (SSSR count). The summed E-state index contributed by atoms with van der Waals surface area (Å²) in [7, 11) is 0. The number of carboxylic acids is 1. The summed E-state index contributed by atoms with van der Waals surface area (Å²) in [5.74, 6) is -4.85. The van der Waals surface area contributed by atoms with E-state index in [9.17, 15) is 33.9 Å². The quantitative estimate of drug-likeness (QED) is 0.0258. The lowest BCUT2D eigenvalue weighted by atomic mass is 10.0. The molecule has 1 aromatic heterocycles. The van der Waals surface area contributed by atoms with E-state index in [0.717, 1.165) is 10.9 Å². The van der Waals surface area contributed by atoms with Gasteiger partial charge >= 0.3 is 5.97 Å². The van der Waals surface area contributed by atoms with Crippen molar-refractivity contribution in [1.82, 2.24) is 31.6 Å². The molecule has 0 aliphatic heterocycles. The van der Waals surface area contributed by atoms with Gasteiger partial charge in [0, 0.05) is 42.2 Å². The molecule has 13 N–H and O–H groups in total. The molecule has 0 radical (unpaired) electrons. The van der Waals surface area contributed by atoms with Crippen LogP contribution in [0, 0.1) is 0 Å². The first-order chi connectivity index (χ1) is 26.2. The molecule has 17 nitrogen and oxygen atoms in total. The van der Waals surface area contributed by atoms with Gasteiger partial charge in [0.25, 0.3) is 0 Å². The molecular formula is C36H50N10O7S2. The fraction of sp³-hybridized carbons (Fsp3) is 0.417. The summed E-state index contributed by atoms with van der Waals surface area (Å²) >= 11 is 8.13. The summed E-state index contributed by atoms with van der Waals surface area (Å²) in [6, 6.07) is 9.08. The molecule has 0 saturated carbocycles. The summed E-state index contributed by atoms with van der Waals surface area (Å²) in [4.78, 5) is 86.3. The van der Waals surface area contributed by atoms with Gasteiger partial charge in [-0.3, -0.25) is 29.0 Å². The fourth-order valence-corrected chi connectivity index (χ4v) is 6.04. The third-order valence-electron chi connectivity index (χ3n) is 8.55. The Hall–Kier alpha value is -5.27. The predicted octanol–water partition coefficient (Wildman–Crippen LogP) is -0.888. The molecule has 2 aromatic carbocycles. The average Bonchev–Trinajstić information content (AvgIpc) is 3.56. The molecule has 298 valence electrons. The van der Waals surface area contributed by atoms with Gasteiger partial charge in [-0.2, -0.15) is 25.3 Å². The maximum Gasteiger partial charge on any atom is 0.327 e. The molecule has 0 unspecified atom stereocenters. The number of carbonyl (C=O) groups is 6. The number of hydrogen-bond acceptors (Lipinski definition) is 10. The minimum Gasteiger partial charge on any atom is -0.480 e. The van der Waals surface area contributed by atoms with E-state index < -0.39 is 71.8 Å². The first kappa shape index (κ1) is 44.1. The minimum atomic E-state index is -1.35. The second-order valence-electron chi connectivity index (χ2n) is 12.8. The number of nitrogens with zero attached hydrogens (tertiary/aromatic N) is 1. The molecule has 0 bridgehead atoms. The monoisotopic (exact) mass is 798 g/mol. The first-order valence-corrected chi connectivity index (χ1v) is 18.9. The number of para-hydroxylation sites is 1. The number of nitrogens with one attached hydrogen (secondary N) is 6. The molecule has 1 heterocycles. The molecule has 0 aliphatic rings. The van der Waals surface area contributed by atoms with Crippen LogP contribution in [0.1, 0.15) is 37.3 Å². The van der Waals surface area contributed by atoms with Gasteiger partial charge in [0.05, 0.1) is 6.04 Å². The number of aromatic nitrogens is 1. The summed E-state index contributed by atoms with van der Waals surface area (Å²) in [6.45, 7) is 1.56. The Morgan fingerprint density at radius 1 is 0.745 bits per heavy atom. The number of fused-ring (bicyclic) bond motifs is 1. The Morgan fingerprint density at radius 3 is 1.96 bits per heavy atom. The third kappa shape index (κ3) is 14.1. The van der Waals surface area contributed by atoms with Crippen LogP contribution in [0.3, 0.4) is 0 Å². The van der Waals surface area contributed by atoms with Gasteiger partial charge in [-0.1, -0.05) is 48.5 Å². The Labute approximate surface area is 329 Å². The minimum absolute atomic E-state index is 0.00562. The second kappa shape index (κ2) is 22.2.